The summed E-state index contributed by atoms with van der Waals surface area (Å²) < 4.78 is 0. The van der Waals surface area contributed by atoms with Crippen LogP contribution in [0.3, 0.4) is 0 Å². The zero-order valence-electron chi connectivity index (χ0n) is 9.60. The Morgan fingerprint density at radius 1 is 1.24 bits per heavy atom. The van der Waals surface area contributed by atoms with E-state index in [1.165, 1.54) is 0 Å². The van der Waals surface area contributed by atoms with E-state index in [4.69, 9.17) is 23.5 Å². The smallest absolute Gasteiger partial charge is 0.272 e. The summed E-state index contributed by atoms with van der Waals surface area (Å²) in [4.78, 5) is 18.0. The van der Waals surface area contributed by atoms with Gasteiger partial charge in [0.2, 0.25) is 0 Å². The maximum atomic E-state index is 12.1. The van der Waals surface area contributed by atoms with Gasteiger partial charge in [0, 0.05) is 18.8 Å². The highest BCUT2D eigenvalue weighted by Crippen LogP contribution is 2.14. The summed E-state index contributed by atoms with van der Waals surface area (Å²) in [6.45, 7) is 1.56. The van der Waals surface area contributed by atoms with Crippen molar-refractivity contribution in [2.24, 2.45) is 0 Å². The fourth-order valence-electron chi connectivity index (χ4n) is 1.88. The second-order valence-corrected chi connectivity index (χ2v) is 4.34. The maximum absolute atomic E-state index is 12.1. The quantitative estimate of drug-likeness (QED) is 0.653. The first-order valence-electron chi connectivity index (χ1n) is 5.62. The number of aromatic nitrogens is 1. The first kappa shape index (κ1) is 12.3. The molecule has 17 heavy (non-hydrogen) atoms. The van der Waals surface area contributed by atoms with Gasteiger partial charge in [0.15, 0.2) is 0 Å². The molecule has 1 aromatic heterocycles. The van der Waals surface area contributed by atoms with Crippen LogP contribution in [0, 0.1) is 0 Å². The van der Waals surface area contributed by atoms with Crippen molar-refractivity contribution < 1.29 is 4.79 Å². The van der Waals surface area contributed by atoms with Crippen LogP contribution in [-0.2, 0) is 5.11 Å². The van der Waals surface area contributed by atoms with Crippen LogP contribution in [-0.4, -0.2) is 52.4 Å². The molecule has 1 saturated heterocycles. The van der Waals surface area contributed by atoms with E-state index in [9.17, 15) is 4.79 Å². The van der Waals surface area contributed by atoms with Gasteiger partial charge in [0.25, 0.3) is 5.91 Å². The van der Waals surface area contributed by atoms with Crippen LogP contribution in [0.25, 0.3) is 0 Å². The molecule has 0 aromatic carbocycles. The van der Waals surface area contributed by atoms with Gasteiger partial charge < -0.3 is 4.90 Å². The molecule has 0 atom stereocenters. The van der Waals surface area contributed by atoms with E-state index >= 15 is 0 Å². The Bertz CT molecular complexity index is 425. The first-order valence-corrected chi connectivity index (χ1v) is 5.62. The number of rotatable bonds is 2. The number of amides is 1. The van der Waals surface area contributed by atoms with E-state index in [0.29, 0.717) is 11.4 Å². The Morgan fingerprint density at radius 3 is 2.47 bits per heavy atom. The number of hydrogen-bond acceptors (Lipinski definition) is 2. The summed E-state index contributed by atoms with van der Waals surface area (Å²) in [5.74, 6) is -0.0893. The maximum Gasteiger partial charge on any atom is 0.272 e. The van der Waals surface area contributed by atoms with Crippen LogP contribution in [0.4, 0.5) is 0 Å². The molecular formula is C11H11B3N2O. The zero-order valence-corrected chi connectivity index (χ0v) is 9.60. The van der Waals surface area contributed by atoms with Crippen LogP contribution >= 0.6 is 0 Å². The van der Waals surface area contributed by atoms with Gasteiger partial charge in [-0.15, -0.1) is 0 Å². The van der Waals surface area contributed by atoms with E-state index < -0.39 is 5.11 Å². The highest BCUT2D eigenvalue weighted by Gasteiger charge is 2.22. The molecule has 1 aliphatic heterocycles. The second-order valence-electron chi connectivity index (χ2n) is 4.34. The molecule has 3 nitrogen and oxygen atoms in total. The minimum Gasteiger partial charge on any atom is -0.337 e. The summed E-state index contributed by atoms with van der Waals surface area (Å²) in [5, 5.41) is -1.51. The topological polar surface area (TPSA) is 33.2 Å². The lowest BCUT2D eigenvalue weighted by atomic mass is 9.41. The largest absolute Gasteiger partial charge is 0.337 e. The van der Waals surface area contributed by atoms with E-state index in [0.717, 1.165) is 25.9 Å². The van der Waals surface area contributed by atoms with Gasteiger partial charge in [-0.25, -0.2) is 4.98 Å². The minimum atomic E-state index is -1.51. The van der Waals surface area contributed by atoms with E-state index in [2.05, 4.69) is 4.98 Å². The predicted molar refractivity (Wildman–Crippen MR) is 68.3 cm³/mol. The molecule has 6 heteroatoms. The third kappa shape index (κ3) is 2.74. The fourth-order valence-corrected chi connectivity index (χ4v) is 1.88. The summed E-state index contributed by atoms with van der Waals surface area (Å²) in [6.07, 6.45) is 2.08. The van der Waals surface area contributed by atoms with Gasteiger partial charge in [-0.1, -0.05) is 11.2 Å². The van der Waals surface area contributed by atoms with Crippen molar-refractivity contribution in [2.75, 3.05) is 13.1 Å². The van der Waals surface area contributed by atoms with E-state index in [1.807, 2.05) is 0 Å². The predicted octanol–water partition coefficient (Wildman–Crippen LogP) is -0.0666. The third-order valence-electron chi connectivity index (χ3n) is 2.81. The standard InChI is InChI=1S/C11H11B3N2O/c12-11(13,14)9-5-3-4-8(15-9)10(17)16-6-1-2-7-16/h3-5H,1-2,6-7H2. The number of nitrogens with zero attached hydrogens (tertiary/aromatic N) is 2. The number of likely N-dealkylation sites (tertiary alicyclic amines) is 1. The fraction of sp³-hybridized carbons (Fsp3) is 0.455. The van der Waals surface area contributed by atoms with Gasteiger partial charge in [-0.2, -0.15) is 0 Å². The monoisotopic (exact) mass is 220 g/mol. The molecule has 2 rings (SSSR count). The van der Waals surface area contributed by atoms with Gasteiger partial charge >= 0.3 is 0 Å². The highest BCUT2D eigenvalue weighted by molar-refractivity contribution is 6.58. The summed E-state index contributed by atoms with van der Waals surface area (Å²) in [6, 6.07) is 4.95. The van der Waals surface area contributed by atoms with Crippen molar-refractivity contribution in [3.63, 3.8) is 0 Å². The summed E-state index contributed by atoms with van der Waals surface area (Å²) in [7, 11) is 16.6. The molecule has 1 aliphatic rings. The van der Waals surface area contributed by atoms with Crippen LogP contribution < -0.4 is 0 Å². The molecule has 0 bridgehead atoms. The summed E-state index contributed by atoms with van der Waals surface area (Å²) >= 11 is 0. The molecule has 0 N–H and O–H groups in total. The van der Waals surface area contributed by atoms with Crippen LogP contribution in [0.1, 0.15) is 29.0 Å². The zero-order chi connectivity index (χ0) is 12.5. The van der Waals surface area contributed by atoms with Crippen LogP contribution in [0.5, 0.6) is 0 Å². The Labute approximate surface area is 105 Å². The molecule has 2 heterocycles. The van der Waals surface area contributed by atoms with Gasteiger partial charge in [0.1, 0.15) is 5.69 Å². The molecule has 0 spiro atoms. The average molecular weight is 220 g/mol. The molecule has 1 amide bonds. The average Bonchev–Trinajstić information content (AvgIpc) is 2.80. The lowest BCUT2D eigenvalue weighted by molar-refractivity contribution is 0.0787. The molecule has 1 fully saturated rings. The third-order valence-corrected chi connectivity index (χ3v) is 2.81. The van der Waals surface area contributed by atoms with Crippen molar-refractivity contribution in [1.29, 1.82) is 0 Å². The second kappa shape index (κ2) is 4.59. The summed E-state index contributed by atoms with van der Waals surface area (Å²) in [5.41, 5.74) is 0.651. The molecular weight excluding hydrogens is 209 g/mol. The number of pyridine rings is 1. The molecule has 6 radical (unpaired) electrons. The van der Waals surface area contributed by atoms with Crippen LogP contribution in [0.2, 0.25) is 0 Å². The highest BCUT2D eigenvalue weighted by atomic mass is 16.2. The Morgan fingerprint density at radius 2 is 1.88 bits per heavy atom. The Kier molecular flexibility index (Phi) is 3.32. The SMILES string of the molecule is [B]C([B])([B])c1cccc(C(=O)N2CCCC2)n1. The van der Waals surface area contributed by atoms with Gasteiger partial charge in [0.05, 0.1) is 23.5 Å². The van der Waals surface area contributed by atoms with Gasteiger partial charge in [-0.05, 0) is 25.0 Å². The van der Waals surface area contributed by atoms with E-state index in [1.54, 1.807) is 23.1 Å². The van der Waals surface area contributed by atoms with Crippen molar-refractivity contribution in [3.05, 3.63) is 29.6 Å². The molecule has 0 saturated carbocycles. The van der Waals surface area contributed by atoms with Crippen molar-refractivity contribution >= 4 is 29.4 Å². The molecule has 0 aliphatic carbocycles. The van der Waals surface area contributed by atoms with E-state index in [-0.39, 0.29) is 5.91 Å². The van der Waals surface area contributed by atoms with Crippen LogP contribution in [0.15, 0.2) is 18.2 Å². The van der Waals surface area contributed by atoms with Crippen molar-refractivity contribution in [2.45, 2.75) is 18.0 Å². The first-order chi connectivity index (χ1) is 7.98. The molecule has 0 unspecified atom stereocenters. The minimum absolute atomic E-state index is 0.0893. The van der Waals surface area contributed by atoms with Gasteiger partial charge in [-0.3, -0.25) is 4.79 Å². The Balaban J connectivity index is 2.24. The van der Waals surface area contributed by atoms with Crippen molar-refractivity contribution in [3.8, 4) is 0 Å². The molecule has 80 valence electrons. The van der Waals surface area contributed by atoms with Crippen molar-refractivity contribution in [1.82, 2.24) is 9.88 Å². The lowest BCUT2D eigenvalue weighted by Gasteiger charge is -2.21. The molecule has 1 aromatic rings. The number of carbonyl (C=O) groups is 1. The normalized spacial score (nSPS) is 16.1. The lowest BCUT2D eigenvalue weighted by Crippen LogP contribution is -2.32. The number of carbonyl (C=O) groups excluding carboxylic acids is 1. The number of hydrogen-bond donors (Lipinski definition) is 0. The Hall–Kier alpha value is -1.19.